The number of quaternary nitrogens is 1. The van der Waals surface area contributed by atoms with Crippen molar-refractivity contribution >= 4 is 23.2 Å². The molecule has 0 heterocycles. The van der Waals surface area contributed by atoms with E-state index in [0.29, 0.717) is 11.6 Å². The van der Waals surface area contributed by atoms with Crippen LogP contribution in [0.5, 0.6) is 0 Å². The molecule has 3 aromatic rings. The van der Waals surface area contributed by atoms with Crippen molar-refractivity contribution in [2.45, 2.75) is 19.9 Å². The molecule has 4 heteroatoms. The van der Waals surface area contributed by atoms with E-state index in [4.69, 9.17) is 11.6 Å². The molecular formula is C24H26ClN2O+. The molecule has 0 spiro atoms. The Morgan fingerprint density at radius 3 is 2.07 bits per heavy atom. The SMILES string of the molecule is Cc1cccc(C)c1NC(=O)C[NH+](C)[C@H](c1ccccc1)c1ccc(Cl)cc1. The van der Waals surface area contributed by atoms with Crippen LogP contribution in [0, 0.1) is 13.8 Å². The van der Waals surface area contributed by atoms with Gasteiger partial charge >= 0.3 is 0 Å². The van der Waals surface area contributed by atoms with E-state index in [1.807, 2.05) is 74.5 Å². The van der Waals surface area contributed by atoms with Gasteiger partial charge < -0.3 is 10.2 Å². The number of benzene rings is 3. The fourth-order valence-corrected chi connectivity index (χ4v) is 3.74. The van der Waals surface area contributed by atoms with Crippen LogP contribution in [0.1, 0.15) is 28.3 Å². The Kier molecular flexibility index (Phi) is 6.50. The van der Waals surface area contributed by atoms with Gasteiger partial charge in [-0.3, -0.25) is 4.79 Å². The Morgan fingerprint density at radius 2 is 1.46 bits per heavy atom. The van der Waals surface area contributed by atoms with Gasteiger partial charge in [0.25, 0.3) is 5.91 Å². The van der Waals surface area contributed by atoms with Gasteiger partial charge in [-0.15, -0.1) is 0 Å². The van der Waals surface area contributed by atoms with Crippen molar-refractivity contribution < 1.29 is 9.69 Å². The molecule has 2 N–H and O–H groups in total. The predicted octanol–water partition coefficient (Wildman–Crippen LogP) is 4.20. The van der Waals surface area contributed by atoms with E-state index in [1.54, 1.807) is 0 Å². The number of carbonyl (C=O) groups is 1. The summed E-state index contributed by atoms with van der Waals surface area (Å²) in [6.07, 6.45) is 0. The Morgan fingerprint density at radius 1 is 0.893 bits per heavy atom. The number of amides is 1. The van der Waals surface area contributed by atoms with Crippen molar-refractivity contribution in [3.8, 4) is 0 Å². The molecular weight excluding hydrogens is 368 g/mol. The van der Waals surface area contributed by atoms with Crippen molar-refractivity contribution in [1.29, 1.82) is 0 Å². The van der Waals surface area contributed by atoms with Gasteiger partial charge in [-0.25, -0.2) is 0 Å². The van der Waals surface area contributed by atoms with Crippen molar-refractivity contribution in [3.63, 3.8) is 0 Å². The summed E-state index contributed by atoms with van der Waals surface area (Å²) in [5.41, 5.74) is 5.35. The molecule has 0 aromatic heterocycles. The number of rotatable bonds is 6. The fraction of sp³-hybridized carbons (Fsp3) is 0.208. The largest absolute Gasteiger partial charge is 0.321 e. The first-order chi connectivity index (χ1) is 13.5. The molecule has 3 nitrogen and oxygen atoms in total. The van der Waals surface area contributed by atoms with E-state index >= 15 is 0 Å². The summed E-state index contributed by atoms with van der Waals surface area (Å²) in [5.74, 6) is 0.00444. The van der Waals surface area contributed by atoms with Crippen molar-refractivity contribution in [3.05, 3.63) is 100 Å². The zero-order valence-electron chi connectivity index (χ0n) is 16.5. The molecule has 0 bridgehead atoms. The van der Waals surface area contributed by atoms with E-state index in [9.17, 15) is 4.79 Å². The van der Waals surface area contributed by atoms with Gasteiger partial charge in [0.1, 0.15) is 6.04 Å². The first kappa shape index (κ1) is 20.1. The third-order valence-corrected chi connectivity index (χ3v) is 5.27. The van der Waals surface area contributed by atoms with Crippen LogP contribution < -0.4 is 10.2 Å². The number of hydrogen-bond acceptors (Lipinski definition) is 1. The van der Waals surface area contributed by atoms with E-state index < -0.39 is 0 Å². The quantitative estimate of drug-likeness (QED) is 0.646. The van der Waals surface area contributed by atoms with Gasteiger partial charge in [0.05, 0.1) is 7.05 Å². The first-order valence-electron chi connectivity index (χ1n) is 9.44. The minimum Gasteiger partial charge on any atom is -0.321 e. The molecule has 1 amide bonds. The lowest BCUT2D eigenvalue weighted by atomic mass is 9.97. The number of anilines is 1. The average Bonchev–Trinajstić information content (AvgIpc) is 2.67. The Hall–Kier alpha value is -2.62. The van der Waals surface area contributed by atoms with Gasteiger partial charge in [0, 0.05) is 21.8 Å². The van der Waals surface area contributed by atoms with Crippen LogP contribution in [0.15, 0.2) is 72.8 Å². The maximum atomic E-state index is 12.8. The summed E-state index contributed by atoms with van der Waals surface area (Å²) in [6.45, 7) is 4.38. The van der Waals surface area contributed by atoms with E-state index in [1.165, 1.54) is 5.56 Å². The summed E-state index contributed by atoms with van der Waals surface area (Å²) in [7, 11) is 2.05. The van der Waals surface area contributed by atoms with Crippen molar-refractivity contribution in [1.82, 2.24) is 0 Å². The molecule has 3 aromatic carbocycles. The normalized spacial score (nSPS) is 13.0. The molecule has 0 saturated heterocycles. The highest BCUT2D eigenvalue weighted by atomic mass is 35.5. The minimum absolute atomic E-state index is 0.00444. The highest BCUT2D eigenvalue weighted by Gasteiger charge is 2.25. The number of nitrogens with one attached hydrogen (secondary N) is 2. The molecule has 0 saturated carbocycles. The number of para-hydroxylation sites is 1. The maximum absolute atomic E-state index is 12.8. The molecule has 2 atom stereocenters. The monoisotopic (exact) mass is 393 g/mol. The third-order valence-electron chi connectivity index (χ3n) is 5.01. The Labute approximate surface area is 172 Å². The molecule has 0 radical (unpaired) electrons. The van der Waals surface area contributed by atoms with Crippen LogP contribution >= 0.6 is 11.6 Å². The van der Waals surface area contributed by atoms with Crippen molar-refractivity contribution in [2.24, 2.45) is 0 Å². The molecule has 3 rings (SSSR count). The molecule has 28 heavy (non-hydrogen) atoms. The molecule has 144 valence electrons. The molecule has 0 aliphatic rings. The predicted molar refractivity (Wildman–Crippen MR) is 116 cm³/mol. The summed E-state index contributed by atoms with van der Waals surface area (Å²) in [6, 6.07) is 24.2. The van der Waals surface area contributed by atoms with Gasteiger partial charge in [0.2, 0.25) is 0 Å². The number of halogens is 1. The number of aryl methyl sites for hydroxylation is 2. The second kappa shape index (κ2) is 9.05. The summed E-state index contributed by atoms with van der Waals surface area (Å²) in [5, 5.41) is 3.80. The zero-order valence-corrected chi connectivity index (χ0v) is 17.3. The molecule has 0 aliphatic heterocycles. The Balaban J connectivity index is 1.82. The van der Waals surface area contributed by atoms with Crippen molar-refractivity contribution in [2.75, 3.05) is 18.9 Å². The lowest BCUT2D eigenvalue weighted by molar-refractivity contribution is -0.897. The number of carbonyl (C=O) groups excluding carboxylic acids is 1. The second-order valence-corrected chi connectivity index (χ2v) is 7.67. The van der Waals surface area contributed by atoms with Crippen LogP contribution in [-0.4, -0.2) is 19.5 Å². The number of likely N-dealkylation sites (N-methyl/N-ethyl adjacent to an activating group) is 1. The minimum atomic E-state index is 0.00444. The van der Waals surface area contributed by atoms with Gasteiger partial charge in [-0.2, -0.15) is 0 Å². The number of hydrogen-bond donors (Lipinski definition) is 2. The molecule has 0 aliphatic carbocycles. The van der Waals surface area contributed by atoms with Crippen LogP contribution in [0.3, 0.4) is 0 Å². The lowest BCUT2D eigenvalue weighted by Gasteiger charge is -2.26. The zero-order chi connectivity index (χ0) is 20.1. The van der Waals surface area contributed by atoms with Gasteiger partial charge in [0.15, 0.2) is 6.54 Å². The van der Waals surface area contributed by atoms with Gasteiger partial charge in [-0.05, 0) is 37.1 Å². The Bertz CT molecular complexity index is 918. The standard InChI is InChI=1S/C24H25ClN2O/c1-17-8-7-9-18(2)23(17)26-22(28)16-27(3)24(19-10-5-4-6-11-19)20-12-14-21(25)15-13-20/h4-15,24H,16H2,1-3H3,(H,26,28)/p+1/t24-/m1/s1. The topological polar surface area (TPSA) is 33.5 Å². The van der Waals surface area contributed by atoms with E-state index in [-0.39, 0.29) is 11.9 Å². The molecule has 0 fully saturated rings. The average molecular weight is 394 g/mol. The highest BCUT2D eigenvalue weighted by Crippen LogP contribution is 2.21. The molecule has 1 unspecified atom stereocenters. The summed E-state index contributed by atoms with van der Waals surface area (Å²) in [4.78, 5) is 13.9. The van der Waals surface area contributed by atoms with Crippen LogP contribution in [-0.2, 0) is 4.79 Å². The second-order valence-electron chi connectivity index (χ2n) is 7.23. The summed E-state index contributed by atoms with van der Waals surface area (Å²) >= 11 is 6.08. The fourth-order valence-electron chi connectivity index (χ4n) is 3.61. The van der Waals surface area contributed by atoms with E-state index in [0.717, 1.165) is 27.3 Å². The summed E-state index contributed by atoms with van der Waals surface area (Å²) < 4.78 is 0. The smallest absolute Gasteiger partial charge is 0.279 e. The highest BCUT2D eigenvalue weighted by molar-refractivity contribution is 6.30. The maximum Gasteiger partial charge on any atom is 0.279 e. The van der Waals surface area contributed by atoms with E-state index in [2.05, 4.69) is 24.5 Å². The van der Waals surface area contributed by atoms with Crippen LogP contribution in [0.2, 0.25) is 5.02 Å². The lowest BCUT2D eigenvalue weighted by Crippen LogP contribution is -3.10. The van der Waals surface area contributed by atoms with Crippen LogP contribution in [0.25, 0.3) is 0 Å². The van der Waals surface area contributed by atoms with Gasteiger partial charge in [-0.1, -0.05) is 72.3 Å². The first-order valence-corrected chi connectivity index (χ1v) is 9.82. The van der Waals surface area contributed by atoms with Crippen LogP contribution in [0.4, 0.5) is 5.69 Å². The third kappa shape index (κ3) is 4.80.